The second kappa shape index (κ2) is 11.1. The summed E-state index contributed by atoms with van der Waals surface area (Å²) in [6.07, 6.45) is 11.5. The van der Waals surface area contributed by atoms with Gasteiger partial charge in [0.2, 0.25) is 5.95 Å². The first-order valence-corrected chi connectivity index (χ1v) is 14.5. The molecule has 3 aromatic rings. The van der Waals surface area contributed by atoms with Crippen LogP contribution in [0.4, 0.5) is 5.95 Å². The van der Waals surface area contributed by atoms with E-state index in [9.17, 15) is 5.11 Å². The molecule has 1 aromatic carbocycles. The highest BCUT2D eigenvalue weighted by Crippen LogP contribution is 2.37. The summed E-state index contributed by atoms with van der Waals surface area (Å²) in [6.45, 7) is 8.96. The molecule has 0 bridgehead atoms. The van der Waals surface area contributed by atoms with E-state index >= 15 is 0 Å². The monoisotopic (exact) mass is 502 g/mol. The third-order valence-corrected chi connectivity index (χ3v) is 8.95. The summed E-state index contributed by atoms with van der Waals surface area (Å²) in [5.74, 6) is 2.54. The van der Waals surface area contributed by atoms with Crippen LogP contribution >= 0.6 is 0 Å². The number of benzene rings is 1. The van der Waals surface area contributed by atoms with Gasteiger partial charge in [-0.25, -0.2) is 4.98 Å². The van der Waals surface area contributed by atoms with E-state index in [2.05, 4.69) is 62.5 Å². The number of nitrogens with one attached hydrogen (secondary N) is 2. The first-order valence-electron chi connectivity index (χ1n) is 14.5. The summed E-state index contributed by atoms with van der Waals surface area (Å²) < 4.78 is 2.35. The van der Waals surface area contributed by atoms with Crippen LogP contribution in [0.25, 0.3) is 22.2 Å². The highest BCUT2D eigenvalue weighted by atomic mass is 16.3. The van der Waals surface area contributed by atoms with Crippen LogP contribution in [0.3, 0.4) is 0 Å². The van der Waals surface area contributed by atoms with Crippen molar-refractivity contribution < 1.29 is 5.11 Å². The number of aliphatic hydroxyl groups excluding tert-OH is 1. The minimum atomic E-state index is -0.164. The molecular weight excluding hydrogens is 460 g/mol. The molecular formula is C30H42N6O. The van der Waals surface area contributed by atoms with E-state index in [1.165, 1.54) is 55.7 Å². The summed E-state index contributed by atoms with van der Waals surface area (Å²) in [6, 6.07) is 9.52. The molecule has 0 spiro atoms. The van der Waals surface area contributed by atoms with Gasteiger partial charge < -0.3 is 20.3 Å². The average molecular weight is 503 g/mol. The van der Waals surface area contributed by atoms with Crippen LogP contribution in [0.1, 0.15) is 63.5 Å². The van der Waals surface area contributed by atoms with Crippen molar-refractivity contribution in [2.24, 2.45) is 11.8 Å². The van der Waals surface area contributed by atoms with Gasteiger partial charge in [-0.3, -0.25) is 4.90 Å². The zero-order chi connectivity index (χ0) is 25.2. The molecule has 1 saturated carbocycles. The number of hydrogen-bond acceptors (Lipinski definition) is 6. The lowest BCUT2D eigenvalue weighted by atomic mass is 9.81. The van der Waals surface area contributed by atoms with Gasteiger partial charge >= 0.3 is 0 Å². The zero-order valence-corrected chi connectivity index (χ0v) is 22.2. The lowest BCUT2D eigenvalue weighted by Crippen LogP contribution is -2.49. The number of fused-ring (bicyclic) bond motifs is 1. The second-order valence-electron chi connectivity index (χ2n) is 11.5. The molecule has 0 unspecified atom stereocenters. The summed E-state index contributed by atoms with van der Waals surface area (Å²) >= 11 is 0. The minimum Gasteiger partial charge on any atom is -0.393 e. The van der Waals surface area contributed by atoms with Crippen LogP contribution in [0, 0.1) is 11.8 Å². The fraction of sp³-hybridized carbons (Fsp3) is 0.600. The quantitative estimate of drug-likeness (QED) is 0.410. The van der Waals surface area contributed by atoms with E-state index in [4.69, 9.17) is 4.98 Å². The predicted octanol–water partition coefficient (Wildman–Crippen LogP) is 4.83. The van der Waals surface area contributed by atoms with Gasteiger partial charge in [0.1, 0.15) is 5.65 Å². The van der Waals surface area contributed by atoms with E-state index < -0.39 is 0 Å². The van der Waals surface area contributed by atoms with Crippen molar-refractivity contribution >= 4 is 17.0 Å². The smallest absolute Gasteiger partial charge is 0.224 e. The number of hydrogen-bond donors (Lipinski definition) is 3. The van der Waals surface area contributed by atoms with Gasteiger partial charge in [-0.05, 0) is 94.1 Å². The SMILES string of the molecule is CCCNc1ncc2c(-c3ccc(CN4CCC(C5CNC5)CC4)cc3)cn(C3CCC(O)CC3)c2n1. The molecule has 198 valence electrons. The number of nitrogens with zero attached hydrogens (tertiary/aromatic N) is 4. The number of rotatable bonds is 8. The lowest BCUT2D eigenvalue weighted by molar-refractivity contribution is 0.111. The van der Waals surface area contributed by atoms with Gasteiger partial charge in [0, 0.05) is 42.5 Å². The number of aliphatic hydroxyl groups is 1. The maximum atomic E-state index is 10.1. The summed E-state index contributed by atoms with van der Waals surface area (Å²) in [4.78, 5) is 12.2. The standard InChI is InChI=1S/C30H42N6O/c1-2-13-32-30-33-18-27-28(20-36(29(27)34-30)25-7-9-26(37)10-8-25)23-5-3-21(4-6-23)19-35-14-11-22(12-15-35)24-16-31-17-24/h3-6,18,20,22,24-26,31,37H,2,7-17,19H2,1H3,(H,32,33,34). The maximum absolute atomic E-state index is 10.1. The Labute approximate surface area is 220 Å². The maximum Gasteiger partial charge on any atom is 0.224 e. The number of aromatic nitrogens is 3. The van der Waals surface area contributed by atoms with Gasteiger partial charge in [0.15, 0.2) is 0 Å². The Hall–Kier alpha value is -2.48. The number of anilines is 1. The van der Waals surface area contributed by atoms with Gasteiger partial charge in [-0.2, -0.15) is 4.98 Å². The highest BCUT2D eigenvalue weighted by molar-refractivity contribution is 5.94. The van der Waals surface area contributed by atoms with Crippen molar-refractivity contribution in [2.75, 3.05) is 38.0 Å². The Balaban J connectivity index is 1.20. The molecule has 7 nitrogen and oxygen atoms in total. The first-order chi connectivity index (χ1) is 18.2. The number of piperidine rings is 1. The topological polar surface area (TPSA) is 78.2 Å². The fourth-order valence-electron chi connectivity index (χ4n) is 6.47. The molecule has 2 aromatic heterocycles. The molecule has 4 heterocycles. The van der Waals surface area contributed by atoms with Gasteiger partial charge in [-0.1, -0.05) is 31.2 Å². The van der Waals surface area contributed by atoms with Crippen LogP contribution in [0.5, 0.6) is 0 Å². The largest absolute Gasteiger partial charge is 0.393 e. The third-order valence-electron chi connectivity index (χ3n) is 8.95. The lowest BCUT2D eigenvalue weighted by Gasteiger charge is -2.40. The molecule has 3 fully saturated rings. The van der Waals surface area contributed by atoms with E-state index in [0.29, 0.717) is 12.0 Å². The Bertz CT molecular complexity index is 1170. The first kappa shape index (κ1) is 24.8. The summed E-state index contributed by atoms with van der Waals surface area (Å²) in [5.41, 5.74) is 4.81. The molecule has 0 radical (unpaired) electrons. The average Bonchev–Trinajstić information content (AvgIpc) is 3.27. The normalized spacial score (nSPS) is 23.8. The van der Waals surface area contributed by atoms with Crippen LogP contribution < -0.4 is 10.6 Å². The van der Waals surface area contributed by atoms with Crippen molar-refractivity contribution in [3.05, 3.63) is 42.2 Å². The van der Waals surface area contributed by atoms with E-state index in [-0.39, 0.29) is 6.10 Å². The van der Waals surface area contributed by atoms with Crippen LogP contribution in [0.2, 0.25) is 0 Å². The Morgan fingerprint density at radius 1 is 1.00 bits per heavy atom. The fourth-order valence-corrected chi connectivity index (χ4v) is 6.47. The molecule has 37 heavy (non-hydrogen) atoms. The van der Waals surface area contributed by atoms with Crippen molar-refractivity contribution in [1.82, 2.24) is 24.8 Å². The zero-order valence-electron chi connectivity index (χ0n) is 22.2. The molecule has 3 aliphatic rings. The molecule has 0 atom stereocenters. The molecule has 0 amide bonds. The predicted molar refractivity (Wildman–Crippen MR) is 150 cm³/mol. The Morgan fingerprint density at radius 3 is 2.43 bits per heavy atom. The molecule has 3 N–H and O–H groups in total. The van der Waals surface area contributed by atoms with E-state index in [0.717, 1.165) is 68.1 Å². The second-order valence-corrected chi connectivity index (χ2v) is 11.5. The van der Waals surface area contributed by atoms with E-state index in [1.54, 1.807) is 0 Å². The molecule has 2 saturated heterocycles. The van der Waals surface area contributed by atoms with Crippen LogP contribution in [0.15, 0.2) is 36.7 Å². The van der Waals surface area contributed by atoms with Crippen LogP contribution in [-0.2, 0) is 6.54 Å². The minimum absolute atomic E-state index is 0.164. The van der Waals surface area contributed by atoms with Gasteiger partial charge in [0.25, 0.3) is 0 Å². The molecule has 2 aliphatic heterocycles. The summed E-state index contributed by atoms with van der Waals surface area (Å²) in [7, 11) is 0. The van der Waals surface area contributed by atoms with Crippen molar-refractivity contribution in [3.8, 4) is 11.1 Å². The van der Waals surface area contributed by atoms with Crippen molar-refractivity contribution in [2.45, 2.75) is 70.6 Å². The van der Waals surface area contributed by atoms with E-state index in [1.807, 2.05) is 6.20 Å². The number of likely N-dealkylation sites (tertiary alicyclic amines) is 1. The highest BCUT2D eigenvalue weighted by Gasteiger charge is 2.30. The van der Waals surface area contributed by atoms with Crippen molar-refractivity contribution in [3.63, 3.8) is 0 Å². The molecule has 1 aliphatic carbocycles. The molecule has 6 rings (SSSR count). The van der Waals surface area contributed by atoms with Gasteiger partial charge in [-0.15, -0.1) is 0 Å². The van der Waals surface area contributed by atoms with Gasteiger partial charge in [0.05, 0.1) is 6.10 Å². The molecule has 7 heteroatoms. The van der Waals surface area contributed by atoms with Crippen LogP contribution in [-0.4, -0.2) is 63.4 Å². The van der Waals surface area contributed by atoms with Crippen molar-refractivity contribution in [1.29, 1.82) is 0 Å². The Kier molecular flexibility index (Phi) is 7.45. The summed E-state index contributed by atoms with van der Waals surface area (Å²) in [5, 5.41) is 17.9. The third kappa shape index (κ3) is 5.40. The Morgan fingerprint density at radius 2 is 1.76 bits per heavy atom.